The van der Waals surface area contributed by atoms with E-state index in [4.69, 9.17) is 0 Å². The van der Waals surface area contributed by atoms with Crippen LogP contribution >= 0.6 is 15.9 Å². The molecule has 0 radical (unpaired) electrons. The van der Waals surface area contributed by atoms with Crippen LogP contribution in [0.1, 0.15) is 26.7 Å². The third kappa shape index (κ3) is 1.97. The number of rotatable bonds is 1. The molecule has 4 unspecified atom stereocenters. The highest BCUT2D eigenvalue weighted by molar-refractivity contribution is 9.09. The summed E-state index contributed by atoms with van der Waals surface area (Å²) in [5, 5.41) is 0. The monoisotopic (exact) mass is 259 g/mol. The topological polar surface area (TPSA) is 20.3 Å². The first-order valence-corrected chi connectivity index (χ1v) is 6.44. The van der Waals surface area contributed by atoms with E-state index in [1.54, 1.807) is 0 Å². The second kappa shape index (κ2) is 3.84. The predicted molar refractivity (Wildman–Crippen MR) is 60.3 cm³/mol. The van der Waals surface area contributed by atoms with Crippen molar-refractivity contribution in [1.29, 1.82) is 0 Å². The number of piperidine rings is 1. The maximum absolute atomic E-state index is 11.9. The van der Waals surface area contributed by atoms with Crippen molar-refractivity contribution in [2.24, 2.45) is 17.8 Å². The number of amides is 1. The van der Waals surface area contributed by atoms with Gasteiger partial charge in [-0.2, -0.15) is 0 Å². The van der Waals surface area contributed by atoms with Crippen molar-refractivity contribution in [3.63, 3.8) is 0 Å². The molecule has 2 rings (SSSR count). The summed E-state index contributed by atoms with van der Waals surface area (Å²) in [7, 11) is 0. The maximum atomic E-state index is 11.9. The fraction of sp³-hybridized carbons (Fsp3) is 0.909. The van der Waals surface area contributed by atoms with Crippen molar-refractivity contribution >= 4 is 21.8 Å². The smallest absolute Gasteiger partial charge is 0.225 e. The second-order valence-corrected chi connectivity index (χ2v) is 6.06. The molecule has 1 saturated carbocycles. The molecule has 2 nitrogen and oxygen atoms in total. The third-order valence-corrected chi connectivity index (χ3v) is 4.90. The van der Waals surface area contributed by atoms with Crippen molar-refractivity contribution in [3.05, 3.63) is 0 Å². The van der Waals surface area contributed by atoms with Crippen LogP contribution in [0, 0.1) is 17.8 Å². The Morgan fingerprint density at radius 2 is 2.00 bits per heavy atom. The zero-order chi connectivity index (χ0) is 10.3. The lowest BCUT2D eigenvalue weighted by Crippen LogP contribution is -2.44. The van der Waals surface area contributed by atoms with Gasteiger partial charge in [0.15, 0.2) is 0 Å². The molecule has 1 aliphatic carbocycles. The summed E-state index contributed by atoms with van der Waals surface area (Å²) in [6.45, 7) is 6.28. The van der Waals surface area contributed by atoms with Crippen molar-refractivity contribution < 1.29 is 4.79 Å². The molecule has 1 saturated heterocycles. The first-order valence-electron chi connectivity index (χ1n) is 5.52. The van der Waals surface area contributed by atoms with Crippen LogP contribution in [0.3, 0.4) is 0 Å². The van der Waals surface area contributed by atoms with E-state index in [-0.39, 0.29) is 0 Å². The molecule has 2 fully saturated rings. The van der Waals surface area contributed by atoms with Gasteiger partial charge in [-0.25, -0.2) is 0 Å². The predicted octanol–water partition coefficient (Wildman–Crippen LogP) is 2.27. The van der Waals surface area contributed by atoms with Crippen LogP contribution < -0.4 is 0 Å². The quantitative estimate of drug-likeness (QED) is 0.662. The summed E-state index contributed by atoms with van der Waals surface area (Å²) in [4.78, 5) is 14.6. The molecule has 2 aliphatic rings. The summed E-state index contributed by atoms with van der Waals surface area (Å²) >= 11 is 3.66. The summed E-state index contributed by atoms with van der Waals surface area (Å²) in [5.41, 5.74) is 0. The van der Waals surface area contributed by atoms with Gasteiger partial charge in [-0.05, 0) is 24.7 Å². The molecule has 1 amide bonds. The Morgan fingerprint density at radius 3 is 2.50 bits per heavy atom. The number of carbonyl (C=O) groups excluding carboxylic acids is 1. The minimum atomic E-state index is 0.356. The van der Waals surface area contributed by atoms with Gasteiger partial charge in [-0.15, -0.1) is 0 Å². The minimum absolute atomic E-state index is 0.356. The molecule has 0 aromatic heterocycles. The van der Waals surface area contributed by atoms with E-state index in [1.807, 2.05) is 0 Å². The van der Waals surface area contributed by atoms with Crippen LogP contribution in [0.4, 0.5) is 0 Å². The van der Waals surface area contributed by atoms with Crippen LogP contribution in [0.25, 0.3) is 0 Å². The normalized spacial score (nSPS) is 42.4. The highest BCUT2D eigenvalue weighted by Gasteiger charge is 2.42. The number of hydrogen-bond acceptors (Lipinski definition) is 1. The first-order chi connectivity index (χ1) is 6.59. The molecular formula is C11H18BrNO. The van der Waals surface area contributed by atoms with Crippen molar-refractivity contribution in [3.8, 4) is 0 Å². The molecular weight excluding hydrogens is 242 g/mol. The fourth-order valence-electron chi connectivity index (χ4n) is 2.22. The SMILES string of the molecule is CC1CN(C(=O)C2CC2C)CCC1Br. The molecule has 4 atom stereocenters. The van der Waals surface area contributed by atoms with Gasteiger partial charge in [-0.1, -0.05) is 29.8 Å². The molecule has 0 spiro atoms. The maximum Gasteiger partial charge on any atom is 0.225 e. The Hall–Kier alpha value is -0.0500. The number of carbonyl (C=O) groups is 1. The van der Waals surface area contributed by atoms with Crippen LogP contribution in [-0.4, -0.2) is 28.7 Å². The summed E-state index contributed by atoms with van der Waals surface area (Å²) in [6, 6.07) is 0. The first kappa shape index (κ1) is 10.5. The lowest BCUT2D eigenvalue weighted by atomic mass is 9.99. The van der Waals surface area contributed by atoms with Gasteiger partial charge in [0.05, 0.1) is 0 Å². The van der Waals surface area contributed by atoms with Crippen molar-refractivity contribution in [2.75, 3.05) is 13.1 Å². The number of likely N-dealkylation sites (tertiary alicyclic amines) is 1. The summed E-state index contributed by atoms with van der Waals surface area (Å²) < 4.78 is 0. The molecule has 80 valence electrons. The molecule has 0 N–H and O–H groups in total. The van der Waals surface area contributed by atoms with Gasteiger partial charge in [0.1, 0.15) is 0 Å². The standard InChI is InChI=1S/C11H18BrNO/c1-7-5-9(7)11(14)13-4-3-10(12)8(2)6-13/h7-10H,3-6H2,1-2H3. The van der Waals surface area contributed by atoms with Crippen LogP contribution in [-0.2, 0) is 4.79 Å². The van der Waals surface area contributed by atoms with E-state index in [2.05, 4.69) is 34.7 Å². The number of nitrogens with zero attached hydrogens (tertiary/aromatic N) is 1. The molecule has 0 aromatic rings. The lowest BCUT2D eigenvalue weighted by Gasteiger charge is -2.34. The van der Waals surface area contributed by atoms with Gasteiger partial charge in [0.2, 0.25) is 5.91 Å². The molecule has 14 heavy (non-hydrogen) atoms. The van der Waals surface area contributed by atoms with Gasteiger partial charge in [0, 0.05) is 23.8 Å². The number of hydrogen-bond donors (Lipinski definition) is 0. The van der Waals surface area contributed by atoms with E-state index < -0.39 is 0 Å². The third-order valence-electron chi connectivity index (χ3n) is 3.54. The zero-order valence-electron chi connectivity index (χ0n) is 8.87. The van der Waals surface area contributed by atoms with E-state index >= 15 is 0 Å². The largest absolute Gasteiger partial charge is 0.342 e. The van der Waals surface area contributed by atoms with E-state index in [0.717, 1.165) is 25.9 Å². The Bertz CT molecular complexity index is 243. The van der Waals surface area contributed by atoms with E-state index in [1.165, 1.54) is 0 Å². The van der Waals surface area contributed by atoms with Crippen LogP contribution in [0.15, 0.2) is 0 Å². The fourth-order valence-corrected chi connectivity index (χ4v) is 2.59. The molecule has 1 aliphatic heterocycles. The Balaban J connectivity index is 1.90. The highest BCUT2D eigenvalue weighted by Crippen LogP contribution is 2.40. The summed E-state index contributed by atoms with van der Waals surface area (Å²) in [6.07, 6.45) is 2.22. The molecule has 0 aromatic carbocycles. The van der Waals surface area contributed by atoms with Gasteiger partial charge in [0.25, 0.3) is 0 Å². The van der Waals surface area contributed by atoms with Gasteiger partial charge in [-0.3, -0.25) is 4.79 Å². The molecule has 1 heterocycles. The minimum Gasteiger partial charge on any atom is -0.342 e. The number of halogens is 1. The highest BCUT2D eigenvalue weighted by atomic mass is 79.9. The van der Waals surface area contributed by atoms with Gasteiger partial charge < -0.3 is 4.90 Å². The number of alkyl halides is 1. The summed E-state index contributed by atoms with van der Waals surface area (Å²) in [5.74, 6) is 2.00. The Morgan fingerprint density at radius 1 is 1.36 bits per heavy atom. The second-order valence-electron chi connectivity index (χ2n) is 4.89. The Kier molecular flexibility index (Phi) is 2.87. The van der Waals surface area contributed by atoms with Crippen LogP contribution in [0.5, 0.6) is 0 Å². The van der Waals surface area contributed by atoms with Crippen molar-refractivity contribution in [2.45, 2.75) is 31.5 Å². The zero-order valence-corrected chi connectivity index (χ0v) is 10.5. The average Bonchev–Trinajstić information content (AvgIpc) is 2.86. The molecule has 0 bridgehead atoms. The van der Waals surface area contributed by atoms with Crippen molar-refractivity contribution in [1.82, 2.24) is 4.90 Å². The van der Waals surface area contributed by atoms with E-state index in [9.17, 15) is 4.79 Å². The van der Waals surface area contributed by atoms with Gasteiger partial charge >= 0.3 is 0 Å². The lowest BCUT2D eigenvalue weighted by molar-refractivity contribution is -0.134. The Labute approximate surface area is 94.2 Å². The molecule has 3 heteroatoms. The van der Waals surface area contributed by atoms with Crippen LogP contribution in [0.2, 0.25) is 0 Å². The van der Waals surface area contributed by atoms with E-state index in [0.29, 0.717) is 28.5 Å². The average molecular weight is 260 g/mol.